The molecule has 0 saturated carbocycles. The van der Waals surface area contributed by atoms with E-state index in [1.165, 1.54) is 75.4 Å². The molecule has 3 aromatic heterocycles. The lowest BCUT2D eigenvalue weighted by molar-refractivity contribution is 0.448. The zero-order valence-corrected chi connectivity index (χ0v) is 36.5. The Bertz CT molecular complexity index is 3850. The molecular formula is C61H41N3S. The molecule has 4 unspecified atom stereocenters. The van der Waals surface area contributed by atoms with Crippen LogP contribution in [0.3, 0.4) is 0 Å². The summed E-state index contributed by atoms with van der Waals surface area (Å²) < 4.78 is 5.04. The van der Waals surface area contributed by atoms with E-state index in [4.69, 9.17) is 9.97 Å². The minimum Gasteiger partial charge on any atom is -0.309 e. The first-order chi connectivity index (χ1) is 32.1. The highest BCUT2D eigenvalue weighted by Gasteiger charge is 2.49. The van der Waals surface area contributed by atoms with Gasteiger partial charge in [0.1, 0.15) is 0 Å². The number of para-hydroxylation sites is 2. The normalized spacial score (nSPS) is 20.7. The van der Waals surface area contributed by atoms with E-state index < -0.39 is 0 Å². The number of hydrogen-bond acceptors (Lipinski definition) is 3. The molecule has 0 aliphatic heterocycles. The minimum absolute atomic E-state index is 0.0185. The van der Waals surface area contributed by atoms with Gasteiger partial charge in [-0.25, -0.2) is 9.97 Å². The molecule has 4 aliphatic carbocycles. The maximum atomic E-state index is 5.32. The zero-order chi connectivity index (χ0) is 42.8. The summed E-state index contributed by atoms with van der Waals surface area (Å²) >= 11 is 1.86. The fourth-order valence-electron chi connectivity index (χ4n) is 11.6. The third-order valence-corrected chi connectivity index (χ3v) is 15.9. The molecule has 14 rings (SSSR count). The summed E-state index contributed by atoms with van der Waals surface area (Å²) in [6.07, 6.45) is 21.1. The van der Waals surface area contributed by atoms with E-state index in [0.717, 1.165) is 39.2 Å². The fraction of sp³-hybridized carbons (Fsp3) is 0.0820. The number of thiophene rings is 1. The van der Waals surface area contributed by atoms with Crippen LogP contribution in [0.15, 0.2) is 229 Å². The van der Waals surface area contributed by atoms with Gasteiger partial charge < -0.3 is 4.57 Å². The van der Waals surface area contributed by atoms with Crippen molar-refractivity contribution in [1.29, 1.82) is 0 Å². The van der Waals surface area contributed by atoms with E-state index >= 15 is 0 Å². The summed E-state index contributed by atoms with van der Waals surface area (Å²) in [4.78, 5) is 10.5. The number of nitrogens with zero attached hydrogens (tertiary/aromatic N) is 3. The molecule has 7 aromatic carbocycles. The first-order valence-electron chi connectivity index (χ1n) is 22.7. The predicted octanol–water partition coefficient (Wildman–Crippen LogP) is 15.9. The second-order valence-corrected chi connectivity index (χ2v) is 19.3. The molecule has 0 N–H and O–H groups in total. The summed E-state index contributed by atoms with van der Waals surface area (Å²) in [5.74, 6) is 1.72. The zero-order valence-electron chi connectivity index (χ0n) is 35.7. The van der Waals surface area contributed by atoms with Crippen molar-refractivity contribution >= 4 is 64.2 Å². The van der Waals surface area contributed by atoms with E-state index in [0.29, 0.717) is 11.8 Å². The Labute approximate surface area is 381 Å². The third-order valence-electron chi connectivity index (χ3n) is 14.7. The quantitative estimate of drug-likeness (QED) is 0.173. The molecule has 4 atom stereocenters. The predicted molar refractivity (Wildman–Crippen MR) is 273 cm³/mol. The molecule has 65 heavy (non-hydrogen) atoms. The van der Waals surface area contributed by atoms with Crippen molar-refractivity contribution in [1.82, 2.24) is 14.5 Å². The van der Waals surface area contributed by atoms with Crippen LogP contribution in [0.5, 0.6) is 0 Å². The number of allylic oxidation sites excluding steroid dienone is 12. The molecular weight excluding hydrogens is 807 g/mol. The Balaban J connectivity index is 0.799. The smallest absolute Gasteiger partial charge is 0.160 e. The van der Waals surface area contributed by atoms with Crippen LogP contribution in [0.1, 0.15) is 18.4 Å². The molecule has 3 nitrogen and oxygen atoms in total. The van der Waals surface area contributed by atoms with Gasteiger partial charge in [0.05, 0.1) is 22.2 Å². The van der Waals surface area contributed by atoms with Crippen LogP contribution in [0.2, 0.25) is 0 Å². The lowest BCUT2D eigenvalue weighted by atomic mass is 9.71. The number of fused-ring (bicyclic) bond motifs is 10. The van der Waals surface area contributed by atoms with Gasteiger partial charge in [0.15, 0.2) is 5.82 Å². The lowest BCUT2D eigenvalue weighted by Crippen LogP contribution is -2.23. The number of hydrogen-bond donors (Lipinski definition) is 0. The molecule has 0 bridgehead atoms. The molecule has 0 fully saturated rings. The van der Waals surface area contributed by atoms with Gasteiger partial charge in [-0.15, -0.1) is 11.3 Å². The Kier molecular flexibility index (Phi) is 7.88. The topological polar surface area (TPSA) is 30.7 Å². The monoisotopic (exact) mass is 847 g/mol. The first-order valence-corrected chi connectivity index (χ1v) is 23.5. The van der Waals surface area contributed by atoms with Crippen LogP contribution in [0, 0.1) is 17.3 Å². The van der Waals surface area contributed by atoms with Crippen LogP contribution in [-0.2, 0) is 0 Å². The summed E-state index contributed by atoms with van der Waals surface area (Å²) in [6.45, 7) is 2.40. The van der Waals surface area contributed by atoms with E-state index in [1.54, 1.807) is 0 Å². The number of rotatable bonds is 5. The summed E-state index contributed by atoms with van der Waals surface area (Å²) in [7, 11) is 0. The molecule has 0 amide bonds. The molecule has 3 heterocycles. The van der Waals surface area contributed by atoms with Crippen molar-refractivity contribution < 1.29 is 0 Å². The Morgan fingerprint density at radius 3 is 2.12 bits per heavy atom. The molecule has 4 aliphatic rings. The maximum absolute atomic E-state index is 5.32. The number of aromatic nitrogens is 3. The second-order valence-electron chi connectivity index (χ2n) is 18.2. The third kappa shape index (κ3) is 5.47. The van der Waals surface area contributed by atoms with Gasteiger partial charge in [-0.05, 0) is 100 Å². The number of benzene rings is 7. The van der Waals surface area contributed by atoms with Gasteiger partial charge >= 0.3 is 0 Å². The molecule has 0 saturated heterocycles. The standard InChI is InChI=1S/C61H41N3S/c1-61-34-9-8-16-51(61)47-15-10-14-46-43(30-31-52(61)58(46)47)37-20-22-38(23-21-37)59-48-13-2-5-17-53(48)62-60(63-59)39-24-28-42(29-25-39)64-54-18-6-3-11-44(54)49-35-40(26-32-55(49)64)41-27-33-57-50(36-41)45-12-4-7-19-56(45)65-57/h2-36,43,46,51H,1H3. The SMILES string of the molecule is CC12C=CC=CC1C1=CC=CC3C1=C2C=CC3c1ccc(-c2nc(-c3ccc(-n4c5ccccc5c5cc(-c6ccc7sc8ccccc8c7c6)ccc54)cc3)nc3ccccc23)cc1. The van der Waals surface area contributed by atoms with Crippen LogP contribution in [-0.4, -0.2) is 14.5 Å². The van der Waals surface area contributed by atoms with Gasteiger partial charge in [0.25, 0.3) is 0 Å². The van der Waals surface area contributed by atoms with Crippen molar-refractivity contribution in [2.45, 2.75) is 12.8 Å². The van der Waals surface area contributed by atoms with Crippen LogP contribution in [0.25, 0.3) is 92.3 Å². The van der Waals surface area contributed by atoms with Gasteiger partial charge in [0.2, 0.25) is 0 Å². The summed E-state index contributed by atoms with van der Waals surface area (Å²) in [5.41, 5.74) is 15.7. The minimum atomic E-state index is 0.0185. The van der Waals surface area contributed by atoms with Crippen molar-refractivity contribution in [3.63, 3.8) is 0 Å². The van der Waals surface area contributed by atoms with Crippen LogP contribution in [0.4, 0.5) is 0 Å². The van der Waals surface area contributed by atoms with E-state index in [9.17, 15) is 0 Å². The fourth-order valence-corrected chi connectivity index (χ4v) is 12.6. The van der Waals surface area contributed by atoms with Crippen molar-refractivity contribution in [2.24, 2.45) is 17.3 Å². The molecule has 0 radical (unpaired) electrons. The van der Waals surface area contributed by atoms with Gasteiger partial charge in [-0.1, -0.05) is 153 Å². The lowest BCUT2D eigenvalue weighted by Gasteiger charge is -2.32. The Hall–Kier alpha value is -7.66. The van der Waals surface area contributed by atoms with Crippen molar-refractivity contribution in [2.75, 3.05) is 0 Å². The molecule has 10 aromatic rings. The molecule has 0 spiro atoms. The van der Waals surface area contributed by atoms with Crippen LogP contribution >= 0.6 is 11.3 Å². The van der Waals surface area contributed by atoms with Gasteiger partial charge in [-0.3, -0.25) is 0 Å². The Morgan fingerprint density at radius 1 is 0.538 bits per heavy atom. The average molecular weight is 848 g/mol. The van der Waals surface area contributed by atoms with E-state index in [2.05, 4.69) is 224 Å². The van der Waals surface area contributed by atoms with Crippen molar-refractivity contribution in [3.05, 3.63) is 235 Å². The van der Waals surface area contributed by atoms with Gasteiger partial charge in [0, 0.05) is 76.3 Å². The average Bonchev–Trinajstić information content (AvgIpc) is 3.99. The Morgan fingerprint density at radius 2 is 1.25 bits per heavy atom. The van der Waals surface area contributed by atoms with E-state index in [1.807, 2.05) is 11.3 Å². The first kappa shape index (κ1) is 36.8. The molecule has 4 heteroatoms. The summed E-state index contributed by atoms with van der Waals surface area (Å²) in [5, 5.41) is 6.17. The largest absolute Gasteiger partial charge is 0.309 e. The summed E-state index contributed by atoms with van der Waals surface area (Å²) in [6, 6.07) is 57.6. The van der Waals surface area contributed by atoms with Crippen LogP contribution < -0.4 is 0 Å². The highest BCUT2D eigenvalue weighted by molar-refractivity contribution is 7.25. The highest BCUT2D eigenvalue weighted by atomic mass is 32.1. The maximum Gasteiger partial charge on any atom is 0.160 e. The molecule has 306 valence electrons. The van der Waals surface area contributed by atoms with E-state index in [-0.39, 0.29) is 11.3 Å². The highest BCUT2D eigenvalue weighted by Crippen LogP contribution is 2.60. The van der Waals surface area contributed by atoms with Gasteiger partial charge in [-0.2, -0.15) is 0 Å². The van der Waals surface area contributed by atoms with Crippen molar-refractivity contribution in [3.8, 4) is 39.5 Å². The second kappa shape index (κ2) is 13.9.